The summed E-state index contributed by atoms with van der Waals surface area (Å²) in [7, 11) is 0. The number of hydrogen-bond donors (Lipinski definition) is 0. The average Bonchev–Trinajstić information content (AvgIpc) is 3.23. The number of carbonyl (C=O) groups excluding carboxylic acids is 1. The van der Waals surface area contributed by atoms with Crippen LogP contribution in [-0.2, 0) is 16.0 Å². The lowest BCUT2D eigenvalue weighted by molar-refractivity contribution is -0.118. The Kier molecular flexibility index (Phi) is 7.23. The molecule has 2 aromatic carbocycles. The third-order valence-corrected chi connectivity index (χ3v) is 7.56. The Labute approximate surface area is 195 Å². The maximum Gasteiger partial charge on any atom is 0.233 e. The Balaban J connectivity index is 1.56. The first-order valence-electron chi connectivity index (χ1n) is 11.5. The number of fused-ring (bicyclic) bond motifs is 1. The van der Waals surface area contributed by atoms with Gasteiger partial charge in [-0.3, -0.25) is 14.6 Å². The molecule has 0 saturated carbocycles. The van der Waals surface area contributed by atoms with Crippen LogP contribution >= 0.6 is 11.3 Å². The van der Waals surface area contributed by atoms with Crippen LogP contribution in [0.5, 0.6) is 0 Å². The van der Waals surface area contributed by atoms with Crippen molar-refractivity contribution in [1.82, 2.24) is 9.88 Å². The van der Waals surface area contributed by atoms with Crippen molar-refractivity contribution >= 4 is 32.6 Å². The molecule has 0 unspecified atom stereocenters. The minimum atomic E-state index is 0.115. The van der Waals surface area contributed by atoms with Gasteiger partial charge in [0, 0.05) is 26.2 Å². The third-order valence-electron chi connectivity index (χ3n) is 6.35. The van der Waals surface area contributed by atoms with Crippen molar-refractivity contribution in [2.75, 3.05) is 44.3 Å². The highest BCUT2D eigenvalue weighted by molar-refractivity contribution is 7.22. The van der Waals surface area contributed by atoms with Crippen LogP contribution in [0.3, 0.4) is 0 Å². The van der Waals surface area contributed by atoms with Crippen molar-refractivity contribution in [1.29, 1.82) is 0 Å². The molecule has 0 bridgehead atoms. The van der Waals surface area contributed by atoms with E-state index in [1.54, 1.807) is 11.3 Å². The van der Waals surface area contributed by atoms with Crippen LogP contribution in [0.4, 0.5) is 5.13 Å². The molecule has 1 aliphatic rings. The van der Waals surface area contributed by atoms with Gasteiger partial charge in [0.1, 0.15) is 0 Å². The van der Waals surface area contributed by atoms with Crippen LogP contribution in [0, 0.1) is 27.7 Å². The van der Waals surface area contributed by atoms with Gasteiger partial charge in [0.25, 0.3) is 0 Å². The smallest absolute Gasteiger partial charge is 0.233 e. The normalized spacial score (nSPS) is 14.8. The Morgan fingerprint density at radius 1 is 1.03 bits per heavy atom. The van der Waals surface area contributed by atoms with E-state index in [2.05, 4.69) is 62.9 Å². The molecule has 1 saturated heterocycles. The highest BCUT2D eigenvalue weighted by atomic mass is 32.1. The number of carbonyl (C=O) groups is 1. The largest absolute Gasteiger partial charge is 0.379 e. The molecular formula is C26H33N3O2S. The standard InChI is InChI=1S/C26H33N3O2S/c1-18-8-9-22(16-21(18)4)17-23(30)29(11-5-10-28-12-14-31-15-13-28)26-27-24-19(2)6-7-20(3)25(24)32-26/h6-9,16H,5,10-15,17H2,1-4H3. The second-order valence-electron chi connectivity index (χ2n) is 8.82. The third kappa shape index (κ3) is 5.20. The number of amides is 1. The predicted octanol–water partition coefficient (Wildman–Crippen LogP) is 4.83. The molecule has 1 aromatic heterocycles. The van der Waals surface area contributed by atoms with Gasteiger partial charge in [0.15, 0.2) is 5.13 Å². The summed E-state index contributed by atoms with van der Waals surface area (Å²) in [5.41, 5.74) is 6.92. The van der Waals surface area contributed by atoms with Crippen LogP contribution in [-0.4, -0.2) is 55.2 Å². The number of aryl methyl sites for hydroxylation is 4. The van der Waals surface area contributed by atoms with Crippen LogP contribution in [0.1, 0.15) is 34.2 Å². The van der Waals surface area contributed by atoms with E-state index in [1.807, 2.05) is 4.90 Å². The molecule has 4 rings (SSSR count). The first-order valence-corrected chi connectivity index (χ1v) is 12.3. The zero-order valence-electron chi connectivity index (χ0n) is 19.6. The highest BCUT2D eigenvalue weighted by Crippen LogP contribution is 2.33. The molecule has 170 valence electrons. The average molecular weight is 452 g/mol. The minimum Gasteiger partial charge on any atom is -0.379 e. The number of ether oxygens (including phenoxy) is 1. The SMILES string of the molecule is Cc1ccc(CC(=O)N(CCCN2CCOCC2)c2nc3c(C)ccc(C)c3s2)cc1C. The van der Waals surface area contributed by atoms with Gasteiger partial charge < -0.3 is 4.74 Å². The molecule has 0 N–H and O–H groups in total. The topological polar surface area (TPSA) is 45.7 Å². The Bertz CT molecular complexity index is 1060. The molecule has 6 heteroatoms. The fraction of sp³-hybridized carbons (Fsp3) is 0.462. The fourth-order valence-corrected chi connectivity index (χ4v) is 5.31. The number of hydrogen-bond acceptors (Lipinski definition) is 5. The van der Waals surface area contributed by atoms with Crippen molar-refractivity contribution in [3.05, 3.63) is 58.1 Å². The van der Waals surface area contributed by atoms with Crippen LogP contribution in [0.2, 0.25) is 0 Å². The Morgan fingerprint density at radius 3 is 2.47 bits per heavy atom. The van der Waals surface area contributed by atoms with Crippen molar-refractivity contribution in [3.8, 4) is 0 Å². The van der Waals surface area contributed by atoms with Gasteiger partial charge in [-0.05, 0) is 61.9 Å². The maximum atomic E-state index is 13.5. The van der Waals surface area contributed by atoms with E-state index in [-0.39, 0.29) is 5.91 Å². The lowest BCUT2D eigenvalue weighted by Gasteiger charge is -2.27. The molecule has 0 spiro atoms. The molecule has 0 atom stereocenters. The van der Waals surface area contributed by atoms with Gasteiger partial charge in [-0.25, -0.2) is 4.98 Å². The molecule has 1 amide bonds. The minimum absolute atomic E-state index is 0.115. The molecule has 1 aliphatic heterocycles. The highest BCUT2D eigenvalue weighted by Gasteiger charge is 2.22. The predicted molar refractivity (Wildman–Crippen MR) is 133 cm³/mol. The van der Waals surface area contributed by atoms with Gasteiger partial charge in [0.05, 0.1) is 29.9 Å². The van der Waals surface area contributed by atoms with Gasteiger partial charge in [-0.1, -0.05) is 41.7 Å². The number of morpholine rings is 1. The van der Waals surface area contributed by atoms with Gasteiger partial charge in [-0.15, -0.1) is 0 Å². The van der Waals surface area contributed by atoms with Crippen molar-refractivity contribution in [2.24, 2.45) is 0 Å². The number of nitrogens with zero attached hydrogens (tertiary/aromatic N) is 3. The number of anilines is 1. The maximum absolute atomic E-state index is 13.5. The summed E-state index contributed by atoms with van der Waals surface area (Å²) in [6.45, 7) is 13.6. The quantitative estimate of drug-likeness (QED) is 0.516. The van der Waals surface area contributed by atoms with Gasteiger partial charge in [0.2, 0.25) is 5.91 Å². The Hall–Kier alpha value is -2.28. The Morgan fingerprint density at radius 2 is 1.75 bits per heavy atom. The second kappa shape index (κ2) is 10.1. The molecular weight excluding hydrogens is 418 g/mol. The van der Waals surface area contributed by atoms with E-state index in [0.717, 1.165) is 61.0 Å². The van der Waals surface area contributed by atoms with Crippen molar-refractivity contribution in [3.63, 3.8) is 0 Å². The lowest BCUT2D eigenvalue weighted by Crippen LogP contribution is -2.39. The summed E-state index contributed by atoms with van der Waals surface area (Å²) >= 11 is 1.64. The van der Waals surface area contributed by atoms with Crippen molar-refractivity contribution in [2.45, 2.75) is 40.5 Å². The molecule has 1 fully saturated rings. The lowest BCUT2D eigenvalue weighted by atomic mass is 10.0. The summed E-state index contributed by atoms with van der Waals surface area (Å²) in [5, 5.41) is 0.813. The van der Waals surface area contributed by atoms with Crippen LogP contribution in [0.15, 0.2) is 30.3 Å². The fourth-order valence-electron chi connectivity index (χ4n) is 4.15. The van der Waals surface area contributed by atoms with Crippen LogP contribution in [0.25, 0.3) is 10.2 Å². The number of rotatable bonds is 7. The summed E-state index contributed by atoms with van der Waals surface area (Å²) < 4.78 is 6.64. The number of benzene rings is 2. The molecule has 5 nitrogen and oxygen atoms in total. The number of aromatic nitrogens is 1. The van der Waals surface area contributed by atoms with E-state index >= 15 is 0 Å². The zero-order valence-corrected chi connectivity index (χ0v) is 20.4. The molecule has 0 aliphatic carbocycles. The van der Waals surface area contributed by atoms with Crippen molar-refractivity contribution < 1.29 is 9.53 Å². The van der Waals surface area contributed by atoms with Crippen LogP contribution < -0.4 is 4.90 Å². The van der Waals surface area contributed by atoms with Gasteiger partial charge in [-0.2, -0.15) is 0 Å². The molecule has 32 heavy (non-hydrogen) atoms. The van der Waals surface area contributed by atoms with E-state index in [1.165, 1.54) is 21.4 Å². The van der Waals surface area contributed by atoms with E-state index in [4.69, 9.17) is 9.72 Å². The number of thiazole rings is 1. The molecule has 2 heterocycles. The zero-order chi connectivity index (χ0) is 22.7. The summed E-state index contributed by atoms with van der Waals surface area (Å²) in [5.74, 6) is 0.115. The second-order valence-corrected chi connectivity index (χ2v) is 9.80. The summed E-state index contributed by atoms with van der Waals surface area (Å²) in [4.78, 5) is 22.8. The summed E-state index contributed by atoms with van der Waals surface area (Å²) in [6, 6.07) is 10.6. The molecule has 0 radical (unpaired) electrons. The monoisotopic (exact) mass is 451 g/mol. The summed E-state index contributed by atoms with van der Waals surface area (Å²) in [6.07, 6.45) is 1.32. The first-order chi connectivity index (χ1) is 15.4. The van der Waals surface area contributed by atoms with E-state index in [0.29, 0.717) is 13.0 Å². The van der Waals surface area contributed by atoms with Gasteiger partial charge >= 0.3 is 0 Å². The first kappa shape index (κ1) is 22.9. The van der Waals surface area contributed by atoms with E-state index < -0.39 is 0 Å². The molecule has 3 aromatic rings. The van der Waals surface area contributed by atoms with E-state index in [9.17, 15) is 4.79 Å².